The fourth-order valence-corrected chi connectivity index (χ4v) is 8.20. The topological polar surface area (TPSA) is 293 Å². The van der Waals surface area contributed by atoms with Gasteiger partial charge in [0, 0.05) is 59.0 Å². The van der Waals surface area contributed by atoms with Crippen LogP contribution >= 0.6 is 0 Å². The minimum Gasteiger partial charge on any atom is -0.491 e. The molecule has 0 atom stereocenters. The summed E-state index contributed by atoms with van der Waals surface area (Å²) in [6.07, 6.45) is 3.08. The molecule has 0 fully saturated rings. The molecule has 0 saturated carbocycles. The van der Waals surface area contributed by atoms with Crippen LogP contribution in [0, 0.1) is 0 Å². The van der Waals surface area contributed by atoms with Gasteiger partial charge >= 0.3 is 17.9 Å². The maximum absolute atomic E-state index is 14.5. The van der Waals surface area contributed by atoms with E-state index < -0.39 is 48.0 Å². The fourth-order valence-electron chi connectivity index (χ4n) is 6.99. The summed E-state index contributed by atoms with van der Waals surface area (Å²) < 4.78 is 112. The highest BCUT2D eigenvalue weighted by molar-refractivity contribution is 7.88. The molecule has 7 aromatic carbocycles. The van der Waals surface area contributed by atoms with Crippen molar-refractivity contribution in [1.29, 1.82) is 0 Å². The lowest BCUT2D eigenvalue weighted by molar-refractivity contribution is 0.0726. The molecule has 0 amide bonds. The number of carbonyl (C=O) groups excluding carboxylic acids is 3. The van der Waals surface area contributed by atoms with Crippen LogP contribution in [0.5, 0.6) is 34.5 Å². The molecular formula is C57H57N9O15S3. The van der Waals surface area contributed by atoms with Crippen LogP contribution in [0.1, 0.15) is 31.1 Å². The first kappa shape index (κ1) is 62.5. The van der Waals surface area contributed by atoms with E-state index in [1.165, 1.54) is 75.7 Å². The molecule has 24 nitrogen and oxygen atoms in total. The van der Waals surface area contributed by atoms with Crippen molar-refractivity contribution in [1.82, 2.24) is 12.9 Å². The highest BCUT2D eigenvalue weighted by Gasteiger charge is 2.24. The van der Waals surface area contributed by atoms with Gasteiger partial charge in [-0.2, -0.15) is 30.7 Å². The van der Waals surface area contributed by atoms with Gasteiger partial charge in [-0.15, -0.1) is 0 Å². The SMILES string of the molecule is CN(CCOc1ccc(N=Nc2ccccc2)cc1C(=O)Oc1cc(OC(=O)c2cc(N=Nc3ccccc3)ccc2OCCN(C)S(C)(=O)=O)cc(OC(=O)c2cc(N=Nc3ccccc3)ccc2OCCN(C)S(C)(=O)=O)c1)S(C)(=O)=O. The van der Waals surface area contributed by atoms with Crippen LogP contribution < -0.4 is 28.4 Å². The lowest BCUT2D eigenvalue weighted by atomic mass is 10.1. The molecule has 0 heterocycles. The van der Waals surface area contributed by atoms with E-state index in [1.54, 1.807) is 91.0 Å². The average molecular weight is 1200 g/mol. The van der Waals surface area contributed by atoms with Crippen molar-refractivity contribution < 1.29 is 68.1 Å². The quantitative estimate of drug-likeness (QED) is 0.0263. The number of carbonyl (C=O) groups is 3. The van der Waals surface area contributed by atoms with Crippen molar-refractivity contribution in [2.75, 3.05) is 79.4 Å². The maximum Gasteiger partial charge on any atom is 0.347 e. The molecule has 0 aromatic heterocycles. The largest absolute Gasteiger partial charge is 0.491 e. The Kier molecular flexibility index (Phi) is 21.4. The summed E-state index contributed by atoms with van der Waals surface area (Å²) in [5.41, 5.74) is 1.42. The van der Waals surface area contributed by atoms with E-state index >= 15 is 0 Å². The smallest absolute Gasteiger partial charge is 0.347 e. The molecule has 27 heteroatoms. The van der Waals surface area contributed by atoms with Gasteiger partial charge in [0.2, 0.25) is 30.1 Å². The Morgan fingerprint density at radius 2 is 0.583 bits per heavy atom. The number of ether oxygens (including phenoxy) is 6. The second-order valence-corrected chi connectivity index (χ2v) is 24.5. The molecule has 0 aliphatic carbocycles. The lowest BCUT2D eigenvalue weighted by Crippen LogP contribution is -2.30. The minimum absolute atomic E-state index is 0.0473. The van der Waals surface area contributed by atoms with Crippen LogP contribution in [-0.4, -0.2) is 135 Å². The maximum atomic E-state index is 14.5. The Bertz CT molecular complexity index is 3500. The number of sulfonamides is 3. The van der Waals surface area contributed by atoms with Crippen molar-refractivity contribution in [2.24, 2.45) is 30.7 Å². The van der Waals surface area contributed by atoms with Gasteiger partial charge in [-0.25, -0.2) is 52.6 Å². The van der Waals surface area contributed by atoms with Gasteiger partial charge in [-0.3, -0.25) is 0 Å². The standard InChI is InChI=1S/C57H57N9O15S3/c1-64(82(4,70)71)28-31-76-52-25-22-43(61-58-40-16-10-7-11-17-40)34-49(52)55(67)79-46-37-47(80-56(68)50-35-44(62-59-41-18-12-8-13-19-41)23-26-53(50)77-32-29-65(2)83(5,72)73)39-48(38-46)81-57(69)51-36-45(63-60-42-20-14-9-15-21-42)24-27-54(51)78-33-30-66(3)84(6,74)75/h7-27,34-39H,28-33H2,1-6H3. The summed E-state index contributed by atoms with van der Waals surface area (Å²) >= 11 is 0. The summed E-state index contributed by atoms with van der Waals surface area (Å²) in [5, 5.41) is 25.5. The highest BCUT2D eigenvalue weighted by Crippen LogP contribution is 2.35. The number of benzene rings is 7. The zero-order valence-electron chi connectivity index (χ0n) is 46.2. The summed E-state index contributed by atoms with van der Waals surface area (Å²) in [4.78, 5) is 43.5. The molecule has 84 heavy (non-hydrogen) atoms. The fraction of sp³-hybridized carbons (Fsp3) is 0.211. The van der Waals surface area contributed by atoms with Crippen LogP contribution in [0.2, 0.25) is 0 Å². The Labute approximate surface area is 485 Å². The van der Waals surface area contributed by atoms with Crippen LogP contribution in [0.15, 0.2) is 194 Å². The number of esters is 3. The number of nitrogens with zero attached hydrogens (tertiary/aromatic N) is 9. The number of likely N-dealkylation sites (N-methyl/N-ethyl adjacent to an activating group) is 3. The van der Waals surface area contributed by atoms with Crippen LogP contribution in [0.4, 0.5) is 34.1 Å². The average Bonchev–Trinajstić information content (AvgIpc) is 3.66. The second-order valence-electron chi connectivity index (χ2n) is 18.3. The molecule has 0 N–H and O–H groups in total. The van der Waals surface area contributed by atoms with E-state index in [9.17, 15) is 39.6 Å². The van der Waals surface area contributed by atoms with E-state index in [0.717, 1.165) is 49.9 Å². The Morgan fingerprint density at radius 1 is 0.345 bits per heavy atom. The molecular weight excluding hydrogens is 1150 g/mol. The van der Waals surface area contributed by atoms with E-state index in [0.29, 0.717) is 17.1 Å². The van der Waals surface area contributed by atoms with Crippen LogP contribution in [-0.2, 0) is 30.1 Å². The van der Waals surface area contributed by atoms with Gasteiger partial charge in [-0.1, -0.05) is 54.6 Å². The number of hydrogen-bond acceptors (Lipinski definition) is 21. The van der Waals surface area contributed by atoms with Crippen molar-refractivity contribution in [3.63, 3.8) is 0 Å². The first-order valence-corrected chi connectivity index (χ1v) is 30.8. The monoisotopic (exact) mass is 1200 g/mol. The summed E-state index contributed by atoms with van der Waals surface area (Å²) in [6.45, 7) is -0.912. The predicted molar refractivity (Wildman–Crippen MR) is 311 cm³/mol. The molecule has 438 valence electrons. The number of rotatable bonds is 27. The minimum atomic E-state index is -3.60. The molecule has 7 aromatic rings. The summed E-state index contributed by atoms with van der Waals surface area (Å²) in [7, 11) is -6.73. The zero-order chi connectivity index (χ0) is 60.4. The Morgan fingerprint density at radius 3 is 0.821 bits per heavy atom. The molecule has 0 aliphatic heterocycles. The predicted octanol–water partition coefficient (Wildman–Crippen LogP) is 10.4. The Balaban J connectivity index is 1.28. The van der Waals surface area contributed by atoms with Gasteiger partial charge in [0.1, 0.15) is 71.0 Å². The Hall–Kier alpha value is -9.12. The second kappa shape index (κ2) is 28.7. The van der Waals surface area contributed by atoms with Gasteiger partial charge < -0.3 is 28.4 Å². The molecule has 7 rings (SSSR count). The van der Waals surface area contributed by atoms with Crippen molar-refractivity contribution in [2.45, 2.75) is 0 Å². The van der Waals surface area contributed by atoms with E-state index in [2.05, 4.69) is 30.7 Å². The molecule has 0 radical (unpaired) electrons. The van der Waals surface area contributed by atoms with Gasteiger partial charge in [-0.05, 0) is 91.0 Å². The number of hydrogen-bond donors (Lipinski definition) is 0. The molecule has 0 aliphatic rings. The third-order valence-electron chi connectivity index (χ3n) is 11.8. The molecule has 0 unspecified atom stereocenters. The third kappa shape index (κ3) is 19.0. The first-order chi connectivity index (χ1) is 40.0. The third-order valence-corrected chi connectivity index (χ3v) is 15.8. The zero-order valence-corrected chi connectivity index (χ0v) is 48.7. The summed E-state index contributed by atoms with van der Waals surface area (Å²) in [5.74, 6) is -4.43. The van der Waals surface area contributed by atoms with E-state index in [-0.39, 0.29) is 108 Å². The number of azo groups is 3. The van der Waals surface area contributed by atoms with E-state index in [4.69, 9.17) is 28.4 Å². The van der Waals surface area contributed by atoms with Gasteiger partial charge in [0.05, 0.1) is 52.9 Å². The van der Waals surface area contributed by atoms with Crippen LogP contribution in [0.3, 0.4) is 0 Å². The molecule has 0 saturated heterocycles. The molecule has 0 spiro atoms. The lowest BCUT2D eigenvalue weighted by Gasteiger charge is -2.17. The normalized spacial score (nSPS) is 12.1. The van der Waals surface area contributed by atoms with Gasteiger partial charge in [0.15, 0.2) is 0 Å². The summed E-state index contributed by atoms with van der Waals surface area (Å²) in [6, 6.07) is 42.4. The van der Waals surface area contributed by atoms with Crippen molar-refractivity contribution in [3.05, 3.63) is 180 Å². The first-order valence-electron chi connectivity index (χ1n) is 25.2. The van der Waals surface area contributed by atoms with E-state index in [1.807, 2.05) is 0 Å². The molecule has 0 bridgehead atoms. The van der Waals surface area contributed by atoms with Crippen LogP contribution in [0.25, 0.3) is 0 Å². The highest BCUT2D eigenvalue weighted by atomic mass is 32.2. The van der Waals surface area contributed by atoms with Crippen molar-refractivity contribution in [3.8, 4) is 34.5 Å². The van der Waals surface area contributed by atoms with Gasteiger partial charge in [0.25, 0.3) is 0 Å². The van der Waals surface area contributed by atoms with Crippen molar-refractivity contribution >= 4 is 82.1 Å².